The van der Waals surface area contributed by atoms with Gasteiger partial charge in [-0.25, -0.2) is 0 Å². The molecule has 1 atom stereocenters. The van der Waals surface area contributed by atoms with E-state index in [0.717, 1.165) is 58.3 Å². The molecule has 0 bridgehead atoms. The first-order valence-corrected chi connectivity index (χ1v) is 12.4. The fourth-order valence-corrected chi connectivity index (χ4v) is 5.21. The van der Waals surface area contributed by atoms with Crippen LogP contribution in [0.15, 0.2) is 71.0 Å². The third-order valence-electron chi connectivity index (χ3n) is 7.20. The van der Waals surface area contributed by atoms with Gasteiger partial charge in [0.25, 0.3) is 5.91 Å². The van der Waals surface area contributed by atoms with Crippen LogP contribution in [-0.4, -0.2) is 47.0 Å². The third kappa shape index (κ3) is 4.24. The third-order valence-corrected chi connectivity index (χ3v) is 7.20. The SMILES string of the molecule is CC1=NN(c2ccncc2)Cc2ccc(C(=O)Nc3ccc4c(c3)CN=C([C@H]3CCCN3C)N4)cc21. The number of amides is 1. The summed E-state index contributed by atoms with van der Waals surface area (Å²) in [6.07, 6.45) is 5.87. The van der Waals surface area contributed by atoms with Crippen molar-refractivity contribution in [2.75, 3.05) is 29.2 Å². The van der Waals surface area contributed by atoms with Crippen LogP contribution in [0.4, 0.5) is 17.1 Å². The first-order chi connectivity index (χ1) is 17.5. The van der Waals surface area contributed by atoms with Crippen molar-refractivity contribution in [2.45, 2.75) is 38.9 Å². The number of pyridine rings is 1. The van der Waals surface area contributed by atoms with Crippen LogP contribution in [0.5, 0.6) is 0 Å². The van der Waals surface area contributed by atoms with Gasteiger partial charge in [-0.15, -0.1) is 0 Å². The number of carbonyl (C=O) groups excluding carboxylic acids is 1. The van der Waals surface area contributed by atoms with Gasteiger partial charge in [0, 0.05) is 34.9 Å². The number of likely N-dealkylation sites (tertiary alicyclic amines) is 1. The van der Waals surface area contributed by atoms with Crippen LogP contribution in [0.25, 0.3) is 0 Å². The minimum absolute atomic E-state index is 0.136. The highest BCUT2D eigenvalue weighted by molar-refractivity contribution is 6.08. The zero-order valence-electron chi connectivity index (χ0n) is 20.5. The van der Waals surface area contributed by atoms with E-state index in [0.29, 0.717) is 24.7 Å². The summed E-state index contributed by atoms with van der Waals surface area (Å²) in [6, 6.07) is 16.1. The lowest BCUT2D eigenvalue weighted by atomic mass is 9.98. The van der Waals surface area contributed by atoms with E-state index in [1.54, 1.807) is 12.4 Å². The van der Waals surface area contributed by atoms with Crippen LogP contribution in [0.1, 0.15) is 46.8 Å². The molecule has 36 heavy (non-hydrogen) atoms. The number of hydrogen-bond donors (Lipinski definition) is 2. The number of rotatable bonds is 4. The number of nitrogens with zero attached hydrogens (tertiary/aromatic N) is 5. The van der Waals surface area contributed by atoms with Gasteiger partial charge in [-0.1, -0.05) is 6.07 Å². The number of aliphatic imine (C=N–C) groups is 1. The number of fused-ring (bicyclic) bond motifs is 2. The molecule has 3 aliphatic heterocycles. The molecule has 3 aromatic rings. The maximum absolute atomic E-state index is 13.1. The van der Waals surface area contributed by atoms with E-state index in [1.165, 1.54) is 6.42 Å². The second kappa shape index (κ2) is 9.20. The monoisotopic (exact) mass is 479 g/mol. The number of carbonyl (C=O) groups is 1. The van der Waals surface area contributed by atoms with Crippen molar-refractivity contribution >= 4 is 34.5 Å². The number of hydrazone groups is 1. The average molecular weight is 480 g/mol. The van der Waals surface area contributed by atoms with E-state index in [9.17, 15) is 4.79 Å². The molecule has 0 spiro atoms. The molecule has 1 saturated heterocycles. The van der Waals surface area contributed by atoms with Gasteiger partial charge in [-0.3, -0.25) is 24.7 Å². The van der Waals surface area contributed by atoms with E-state index in [4.69, 9.17) is 10.1 Å². The molecule has 0 unspecified atom stereocenters. The van der Waals surface area contributed by atoms with Crippen molar-refractivity contribution < 1.29 is 4.79 Å². The molecule has 0 radical (unpaired) electrons. The van der Waals surface area contributed by atoms with Gasteiger partial charge >= 0.3 is 0 Å². The Morgan fingerprint density at radius 2 is 1.94 bits per heavy atom. The zero-order valence-corrected chi connectivity index (χ0v) is 20.5. The highest BCUT2D eigenvalue weighted by Gasteiger charge is 2.28. The number of anilines is 3. The largest absolute Gasteiger partial charge is 0.342 e. The van der Waals surface area contributed by atoms with Crippen LogP contribution in [-0.2, 0) is 13.1 Å². The number of aromatic nitrogens is 1. The Labute approximate surface area is 210 Å². The van der Waals surface area contributed by atoms with Crippen molar-refractivity contribution in [1.82, 2.24) is 9.88 Å². The lowest BCUT2D eigenvalue weighted by Gasteiger charge is -2.27. The summed E-state index contributed by atoms with van der Waals surface area (Å²) < 4.78 is 0. The predicted octanol–water partition coefficient (Wildman–Crippen LogP) is 4.50. The predicted molar refractivity (Wildman–Crippen MR) is 144 cm³/mol. The fraction of sp³-hybridized carbons (Fsp3) is 0.286. The summed E-state index contributed by atoms with van der Waals surface area (Å²) in [6.45, 7) is 4.35. The Bertz CT molecular complexity index is 1380. The maximum Gasteiger partial charge on any atom is 0.255 e. The molecule has 0 aliphatic carbocycles. The molecular weight excluding hydrogens is 450 g/mol. The normalized spacial score (nSPS) is 19.1. The highest BCUT2D eigenvalue weighted by atomic mass is 16.1. The quantitative estimate of drug-likeness (QED) is 0.576. The maximum atomic E-state index is 13.1. The van der Waals surface area contributed by atoms with Crippen molar-refractivity contribution in [1.29, 1.82) is 0 Å². The van der Waals surface area contributed by atoms with Crippen molar-refractivity contribution in [2.24, 2.45) is 10.1 Å². The molecule has 4 heterocycles. The smallest absolute Gasteiger partial charge is 0.255 e. The fourth-order valence-electron chi connectivity index (χ4n) is 5.21. The average Bonchev–Trinajstić information content (AvgIpc) is 3.34. The summed E-state index contributed by atoms with van der Waals surface area (Å²) in [5, 5.41) is 13.3. The number of nitrogens with one attached hydrogen (secondary N) is 2. The first kappa shape index (κ1) is 22.4. The minimum Gasteiger partial charge on any atom is -0.342 e. The van der Waals surface area contributed by atoms with Crippen LogP contribution in [0.2, 0.25) is 0 Å². The van der Waals surface area contributed by atoms with E-state index in [-0.39, 0.29) is 5.91 Å². The van der Waals surface area contributed by atoms with Gasteiger partial charge in [0.15, 0.2) is 0 Å². The summed E-state index contributed by atoms with van der Waals surface area (Å²) >= 11 is 0. The molecule has 8 heteroatoms. The lowest BCUT2D eigenvalue weighted by Crippen LogP contribution is -2.38. The molecule has 8 nitrogen and oxygen atoms in total. The van der Waals surface area contributed by atoms with Gasteiger partial charge in [-0.05, 0) is 86.9 Å². The molecule has 3 aliphatic rings. The molecule has 1 amide bonds. The summed E-state index contributed by atoms with van der Waals surface area (Å²) in [5.74, 6) is 0.913. The van der Waals surface area contributed by atoms with E-state index in [1.807, 2.05) is 60.5 Å². The molecule has 182 valence electrons. The molecule has 1 fully saturated rings. The number of amidine groups is 1. The topological polar surface area (TPSA) is 85.2 Å². The number of benzene rings is 2. The van der Waals surface area contributed by atoms with Gasteiger partial charge in [0.1, 0.15) is 5.84 Å². The molecular formula is C28H29N7O. The number of likely N-dealkylation sites (N-methyl/N-ethyl adjacent to an activating group) is 1. The first-order valence-electron chi connectivity index (χ1n) is 12.4. The van der Waals surface area contributed by atoms with Crippen molar-refractivity contribution in [3.8, 4) is 0 Å². The Balaban J connectivity index is 1.16. The van der Waals surface area contributed by atoms with E-state index in [2.05, 4.69) is 27.6 Å². The highest BCUT2D eigenvalue weighted by Crippen LogP contribution is 2.29. The Morgan fingerprint density at radius 1 is 1.08 bits per heavy atom. The molecule has 2 aromatic carbocycles. The van der Waals surface area contributed by atoms with Crippen LogP contribution in [0, 0.1) is 0 Å². The van der Waals surface area contributed by atoms with E-state index < -0.39 is 0 Å². The second-order valence-electron chi connectivity index (χ2n) is 9.61. The molecule has 2 N–H and O–H groups in total. The summed E-state index contributed by atoms with van der Waals surface area (Å²) in [5.41, 5.74) is 7.54. The molecule has 0 saturated carbocycles. The Kier molecular flexibility index (Phi) is 5.73. The minimum atomic E-state index is -0.136. The van der Waals surface area contributed by atoms with Crippen molar-refractivity contribution in [3.63, 3.8) is 0 Å². The van der Waals surface area contributed by atoms with Crippen LogP contribution < -0.4 is 15.6 Å². The molecule has 1 aromatic heterocycles. The summed E-state index contributed by atoms with van der Waals surface area (Å²) in [4.78, 5) is 24.3. The Morgan fingerprint density at radius 3 is 2.75 bits per heavy atom. The second-order valence-corrected chi connectivity index (χ2v) is 9.61. The lowest BCUT2D eigenvalue weighted by molar-refractivity contribution is 0.102. The standard InChI is InChI=1S/C28H29N7O/c1-18-24-15-19(5-6-20(24)17-35(33-18)23-9-11-29-12-10-23)28(36)31-22-7-8-25-21(14-22)16-30-27(32-25)26-4-3-13-34(26)2/h5-12,14-15,26H,3-4,13,16-17H2,1-2H3,(H,30,32)(H,31,36)/t26-/m1/s1. The van der Waals surface area contributed by atoms with Gasteiger partial charge in [-0.2, -0.15) is 5.10 Å². The van der Waals surface area contributed by atoms with Gasteiger partial charge in [0.05, 0.1) is 30.5 Å². The number of hydrogen-bond acceptors (Lipinski definition) is 7. The zero-order chi connectivity index (χ0) is 24.6. The van der Waals surface area contributed by atoms with E-state index >= 15 is 0 Å². The molecule has 6 rings (SSSR count). The van der Waals surface area contributed by atoms with Gasteiger partial charge in [0.2, 0.25) is 0 Å². The van der Waals surface area contributed by atoms with Crippen molar-refractivity contribution in [3.05, 3.63) is 83.2 Å². The summed E-state index contributed by atoms with van der Waals surface area (Å²) in [7, 11) is 2.15. The Hall–Kier alpha value is -4.04. The van der Waals surface area contributed by atoms with Gasteiger partial charge < -0.3 is 10.6 Å². The van der Waals surface area contributed by atoms with Crippen LogP contribution in [0.3, 0.4) is 0 Å². The van der Waals surface area contributed by atoms with Crippen LogP contribution >= 0.6 is 0 Å².